The summed E-state index contributed by atoms with van der Waals surface area (Å²) in [7, 11) is -2.67. The van der Waals surface area contributed by atoms with E-state index in [9.17, 15) is 13.2 Å². The molecular formula is C26H31N3O5S. The van der Waals surface area contributed by atoms with Crippen LogP contribution in [-0.2, 0) is 27.8 Å². The second-order valence-corrected chi connectivity index (χ2v) is 10.6. The van der Waals surface area contributed by atoms with Gasteiger partial charge in [0.1, 0.15) is 11.3 Å². The van der Waals surface area contributed by atoms with Crippen LogP contribution in [0.1, 0.15) is 27.2 Å². The van der Waals surface area contributed by atoms with Crippen molar-refractivity contribution < 1.29 is 22.4 Å². The molecule has 0 unspecified atom stereocenters. The first-order valence-corrected chi connectivity index (χ1v) is 13.0. The van der Waals surface area contributed by atoms with Crippen LogP contribution in [0.2, 0.25) is 0 Å². The van der Waals surface area contributed by atoms with Crippen LogP contribution in [0.25, 0.3) is 0 Å². The van der Waals surface area contributed by atoms with Gasteiger partial charge >= 0.3 is 5.97 Å². The monoisotopic (exact) mass is 497 g/mol. The van der Waals surface area contributed by atoms with Crippen LogP contribution in [0.4, 0.5) is 0 Å². The van der Waals surface area contributed by atoms with Gasteiger partial charge in [-0.25, -0.2) is 17.9 Å². The van der Waals surface area contributed by atoms with E-state index in [4.69, 9.17) is 9.15 Å². The molecular weight excluding hydrogens is 466 g/mol. The lowest BCUT2D eigenvalue weighted by molar-refractivity contribution is 0.0389. The lowest BCUT2D eigenvalue weighted by Gasteiger charge is -2.40. The summed E-state index contributed by atoms with van der Waals surface area (Å²) in [6, 6.07) is 21.7. The second-order valence-electron chi connectivity index (χ2n) is 8.88. The second kappa shape index (κ2) is 11.2. The highest BCUT2D eigenvalue weighted by atomic mass is 32.2. The van der Waals surface area contributed by atoms with Crippen LogP contribution in [0, 0.1) is 12.8 Å². The van der Waals surface area contributed by atoms with Gasteiger partial charge in [0.15, 0.2) is 0 Å². The van der Waals surface area contributed by atoms with E-state index >= 15 is 0 Å². The van der Waals surface area contributed by atoms with Crippen molar-refractivity contribution in [1.29, 1.82) is 0 Å². The first-order chi connectivity index (χ1) is 16.8. The van der Waals surface area contributed by atoms with Gasteiger partial charge in [0.25, 0.3) is 10.0 Å². The minimum absolute atomic E-state index is 0.0714. The summed E-state index contributed by atoms with van der Waals surface area (Å²) < 4.78 is 38.6. The van der Waals surface area contributed by atoms with Gasteiger partial charge in [-0.05, 0) is 24.0 Å². The number of carbonyl (C=O) groups is 1. The van der Waals surface area contributed by atoms with E-state index in [0.717, 1.165) is 32.8 Å². The average Bonchev–Trinajstić information content (AvgIpc) is 3.26. The van der Waals surface area contributed by atoms with Crippen molar-refractivity contribution >= 4 is 16.0 Å². The van der Waals surface area contributed by atoms with Crippen LogP contribution >= 0.6 is 0 Å². The molecule has 35 heavy (non-hydrogen) atoms. The van der Waals surface area contributed by atoms with Crippen LogP contribution in [0.3, 0.4) is 0 Å². The summed E-state index contributed by atoms with van der Waals surface area (Å²) in [5.41, 5.74) is 2.54. The van der Waals surface area contributed by atoms with Gasteiger partial charge < -0.3 is 9.15 Å². The normalized spacial score (nSPS) is 15.8. The first-order valence-electron chi connectivity index (χ1n) is 11.5. The molecule has 4 rings (SSSR count). The highest BCUT2D eigenvalue weighted by Crippen LogP contribution is 2.21. The van der Waals surface area contributed by atoms with Crippen molar-refractivity contribution in [2.24, 2.45) is 5.92 Å². The van der Waals surface area contributed by atoms with Gasteiger partial charge in [0.05, 0.1) is 13.8 Å². The number of carbonyl (C=O) groups excluding carboxylic acids is 1. The van der Waals surface area contributed by atoms with E-state index < -0.39 is 16.0 Å². The third-order valence-corrected chi connectivity index (χ3v) is 7.34. The number of nitrogens with one attached hydrogen (secondary N) is 1. The quantitative estimate of drug-likeness (QED) is 0.454. The maximum Gasteiger partial charge on any atom is 0.341 e. The fourth-order valence-corrected chi connectivity index (χ4v) is 5.53. The number of benzene rings is 2. The topological polar surface area (TPSA) is 92.1 Å². The summed E-state index contributed by atoms with van der Waals surface area (Å²) in [4.78, 5) is 16.5. The molecule has 3 aromatic rings. The Bertz CT molecular complexity index is 1180. The van der Waals surface area contributed by atoms with Gasteiger partial charge in [-0.3, -0.25) is 9.80 Å². The molecule has 0 atom stereocenters. The fourth-order valence-electron chi connectivity index (χ4n) is 4.43. The number of furan rings is 1. The predicted molar refractivity (Wildman–Crippen MR) is 132 cm³/mol. The number of hydrogen-bond acceptors (Lipinski definition) is 7. The molecule has 1 fully saturated rings. The van der Waals surface area contributed by atoms with Crippen LogP contribution in [-0.4, -0.2) is 57.6 Å². The molecule has 0 saturated carbocycles. The van der Waals surface area contributed by atoms with E-state index in [1.54, 1.807) is 0 Å². The van der Waals surface area contributed by atoms with E-state index in [2.05, 4.69) is 38.8 Å². The zero-order valence-electron chi connectivity index (χ0n) is 20.0. The molecule has 0 bridgehead atoms. The van der Waals surface area contributed by atoms with Gasteiger partial charge in [-0.15, -0.1) is 0 Å². The molecule has 1 saturated heterocycles. The molecule has 1 aliphatic rings. The third kappa shape index (κ3) is 6.58. The lowest BCUT2D eigenvalue weighted by atomic mass is 10.0. The van der Waals surface area contributed by atoms with Gasteiger partial charge in [-0.2, -0.15) is 0 Å². The minimum Gasteiger partial charge on any atom is -0.465 e. The summed E-state index contributed by atoms with van der Waals surface area (Å²) >= 11 is 0. The van der Waals surface area contributed by atoms with Crippen LogP contribution < -0.4 is 4.72 Å². The Balaban J connectivity index is 1.46. The summed E-state index contributed by atoms with van der Waals surface area (Å²) in [5, 5.41) is -0.284. The molecule has 0 spiro atoms. The zero-order chi connectivity index (χ0) is 24.8. The zero-order valence-corrected chi connectivity index (χ0v) is 20.8. The Hall–Kier alpha value is -2.98. The molecule has 186 valence electrons. The molecule has 0 amide bonds. The summed E-state index contributed by atoms with van der Waals surface area (Å²) in [5.74, 6) is -0.354. The third-order valence-electron chi connectivity index (χ3n) is 6.06. The predicted octanol–water partition coefficient (Wildman–Crippen LogP) is 3.24. The van der Waals surface area contributed by atoms with E-state index in [-0.39, 0.29) is 28.9 Å². The molecule has 1 aromatic heterocycles. The van der Waals surface area contributed by atoms with Crippen molar-refractivity contribution in [2.45, 2.75) is 25.1 Å². The number of hydrogen-bond donors (Lipinski definition) is 1. The maximum absolute atomic E-state index is 12.9. The van der Waals surface area contributed by atoms with Crippen LogP contribution in [0.5, 0.6) is 0 Å². The Morgan fingerprint density at radius 2 is 1.54 bits per heavy atom. The Kier molecular flexibility index (Phi) is 8.02. The summed E-state index contributed by atoms with van der Waals surface area (Å²) in [6.45, 7) is 5.68. The van der Waals surface area contributed by atoms with Crippen molar-refractivity contribution in [3.63, 3.8) is 0 Å². The number of rotatable bonds is 9. The Labute approximate surface area is 206 Å². The van der Waals surface area contributed by atoms with Crippen LogP contribution in [0.15, 0.2) is 76.2 Å². The maximum atomic E-state index is 12.9. The highest BCUT2D eigenvalue weighted by molar-refractivity contribution is 7.89. The van der Waals surface area contributed by atoms with Crippen molar-refractivity contribution in [2.75, 3.05) is 33.4 Å². The summed E-state index contributed by atoms with van der Waals surface area (Å²) in [6.07, 6.45) is 0. The lowest BCUT2D eigenvalue weighted by Crippen LogP contribution is -2.51. The number of methoxy groups -OCH3 is 1. The Morgan fingerprint density at radius 3 is 2.06 bits per heavy atom. The molecule has 0 radical (unpaired) electrons. The molecule has 2 aromatic carbocycles. The molecule has 9 heteroatoms. The molecule has 8 nitrogen and oxygen atoms in total. The number of esters is 1. The fraction of sp³-hybridized carbons (Fsp3) is 0.346. The number of aryl methyl sites for hydroxylation is 1. The SMILES string of the molecule is COC(=O)c1cc(S(=O)(=O)NCC2CN(Cc3ccccc3)CN(Cc3ccccc3)C2)oc1C. The van der Waals surface area contributed by atoms with Crippen molar-refractivity contribution in [3.8, 4) is 0 Å². The van der Waals surface area contributed by atoms with Gasteiger partial charge in [-0.1, -0.05) is 60.7 Å². The molecule has 2 heterocycles. The van der Waals surface area contributed by atoms with E-state index in [0.29, 0.717) is 0 Å². The highest BCUT2D eigenvalue weighted by Gasteiger charge is 2.29. The largest absolute Gasteiger partial charge is 0.465 e. The molecule has 0 aliphatic carbocycles. The first kappa shape index (κ1) is 25.1. The van der Waals surface area contributed by atoms with Gasteiger partial charge in [0.2, 0.25) is 5.09 Å². The minimum atomic E-state index is -3.92. The van der Waals surface area contributed by atoms with Crippen molar-refractivity contribution in [3.05, 3.63) is 89.2 Å². The van der Waals surface area contributed by atoms with E-state index in [1.165, 1.54) is 31.2 Å². The molecule has 1 N–H and O–H groups in total. The Morgan fingerprint density at radius 1 is 1.00 bits per heavy atom. The standard InChI is InChI=1S/C26H31N3O5S/c1-20-24(26(30)33-2)13-25(34-20)35(31,32)27-14-23-17-28(15-21-9-5-3-6-10-21)19-29(18-23)16-22-11-7-4-8-12-22/h3-13,23,27H,14-19H2,1-2H3. The molecule has 1 aliphatic heterocycles. The smallest absolute Gasteiger partial charge is 0.341 e. The number of nitrogens with zero attached hydrogens (tertiary/aromatic N) is 2. The number of ether oxygens (including phenoxy) is 1. The van der Waals surface area contributed by atoms with Crippen molar-refractivity contribution in [1.82, 2.24) is 14.5 Å². The number of sulfonamides is 1. The van der Waals surface area contributed by atoms with E-state index in [1.807, 2.05) is 36.4 Å². The van der Waals surface area contributed by atoms with Gasteiger partial charge in [0, 0.05) is 38.8 Å². The average molecular weight is 498 g/mol.